The van der Waals surface area contributed by atoms with E-state index >= 15 is 0 Å². The van der Waals surface area contributed by atoms with E-state index in [4.69, 9.17) is 11.2 Å². The summed E-state index contributed by atoms with van der Waals surface area (Å²) in [6.45, 7) is 4.59. The van der Waals surface area contributed by atoms with Crippen molar-refractivity contribution in [2.24, 2.45) is 0 Å². The molecule has 0 radical (unpaired) electrons. The Morgan fingerprint density at radius 3 is 2.68 bits per heavy atom. The zero-order valence-electron chi connectivity index (χ0n) is 11.3. The van der Waals surface area contributed by atoms with Gasteiger partial charge >= 0.3 is 0 Å². The van der Waals surface area contributed by atoms with Crippen LogP contribution in [0.3, 0.4) is 0 Å². The summed E-state index contributed by atoms with van der Waals surface area (Å²) in [5.74, 6) is 3.65. The van der Waals surface area contributed by atoms with Crippen molar-refractivity contribution in [2.75, 3.05) is 32.8 Å². The van der Waals surface area contributed by atoms with E-state index < -0.39 is 0 Å². The summed E-state index contributed by atoms with van der Waals surface area (Å²) in [6, 6.07) is 10.5. The lowest BCUT2D eigenvalue weighted by Gasteiger charge is -2.31. The highest BCUT2D eigenvalue weighted by molar-refractivity contribution is 5.20. The second-order valence-corrected chi connectivity index (χ2v) is 4.87. The first-order valence-corrected chi connectivity index (χ1v) is 6.95. The van der Waals surface area contributed by atoms with Crippen LogP contribution in [0.4, 0.5) is 0 Å². The molecule has 1 fully saturated rings. The standard InChI is InChI=1S/C16H22N2O/c1-2-11-18-12-8-15(9-13-18)17-10-14-19-16-6-4-3-5-7-16/h1,3-7,15,17H,8-14H2. The second kappa shape index (κ2) is 7.83. The molecule has 0 amide bonds. The molecule has 3 heteroatoms. The van der Waals surface area contributed by atoms with Gasteiger partial charge in [-0.3, -0.25) is 4.90 Å². The van der Waals surface area contributed by atoms with Crippen LogP contribution in [0.2, 0.25) is 0 Å². The van der Waals surface area contributed by atoms with Crippen LogP contribution in [0.1, 0.15) is 12.8 Å². The van der Waals surface area contributed by atoms with Gasteiger partial charge in [0.1, 0.15) is 12.4 Å². The summed E-state index contributed by atoms with van der Waals surface area (Å²) in [5.41, 5.74) is 0. The number of hydrogen-bond acceptors (Lipinski definition) is 3. The zero-order chi connectivity index (χ0) is 13.3. The van der Waals surface area contributed by atoms with Gasteiger partial charge in [0, 0.05) is 25.7 Å². The second-order valence-electron chi connectivity index (χ2n) is 4.87. The Kier molecular flexibility index (Phi) is 5.74. The number of ether oxygens (including phenoxy) is 1. The van der Waals surface area contributed by atoms with Crippen LogP contribution in [0.25, 0.3) is 0 Å². The first kappa shape index (κ1) is 13.9. The van der Waals surface area contributed by atoms with Crippen LogP contribution in [-0.4, -0.2) is 43.7 Å². The monoisotopic (exact) mass is 258 g/mol. The molecular weight excluding hydrogens is 236 g/mol. The van der Waals surface area contributed by atoms with Crippen molar-refractivity contribution >= 4 is 0 Å². The molecule has 1 heterocycles. The Morgan fingerprint density at radius 2 is 2.00 bits per heavy atom. The molecule has 1 aliphatic heterocycles. The van der Waals surface area contributed by atoms with Gasteiger partial charge in [-0.2, -0.15) is 0 Å². The number of likely N-dealkylation sites (tertiary alicyclic amines) is 1. The molecule has 0 aromatic heterocycles. The molecule has 2 rings (SSSR count). The first-order chi connectivity index (χ1) is 9.38. The minimum absolute atomic E-state index is 0.605. The van der Waals surface area contributed by atoms with E-state index in [1.165, 1.54) is 12.8 Å². The number of benzene rings is 1. The first-order valence-electron chi connectivity index (χ1n) is 6.95. The molecule has 0 bridgehead atoms. The summed E-state index contributed by atoms with van der Waals surface area (Å²) in [5, 5.41) is 3.55. The zero-order valence-corrected chi connectivity index (χ0v) is 11.3. The maximum Gasteiger partial charge on any atom is 0.119 e. The molecule has 19 heavy (non-hydrogen) atoms. The van der Waals surface area contributed by atoms with Gasteiger partial charge in [-0.1, -0.05) is 24.1 Å². The quantitative estimate of drug-likeness (QED) is 0.621. The van der Waals surface area contributed by atoms with Crippen LogP contribution in [0, 0.1) is 12.3 Å². The van der Waals surface area contributed by atoms with E-state index in [9.17, 15) is 0 Å². The molecule has 102 valence electrons. The summed E-state index contributed by atoms with van der Waals surface area (Å²) in [7, 11) is 0. The van der Waals surface area contributed by atoms with Crippen molar-refractivity contribution in [2.45, 2.75) is 18.9 Å². The average molecular weight is 258 g/mol. The average Bonchev–Trinajstić information content (AvgIpc) is 2.47. The molecule has 1 aromatic carbocycles. The lowest BCUT2D eigenvalue weighted by Crippen LogP contribution is -2.43. The van der Waals surface area contributed by atoms with E-state index in [-0.39, 0.29) is 0 Å². The van der Waals surface area contributed by atoms with Crippen LogP contribution < -0.4 is 10.1 Å². The largest absolute Gasteiger partial charge is 0.492 e. The molecule has 0 aliphatic carbocycles. The topological polar surface area (TPSA) is 24.5 Å². The minimum atomic E-state index is 0.605. The highest BCUT2D eigenvalue weighted by atomic mass is 16.5. The summed E-state index contributed by atoms with van der Waals surface area (Å²) >= 11 is 0. The Hall–Kier alpha value is -1.50. The van der Waals surface area contributed by atoms with Crippen LogP contribution in [0.15, 0.2) is 30.3 Å². The highest BCUT2D eigenvalue weighted by Crippen LogP contribution is 2.10. The van der Waals surface area contributed by atoms with E-state index in [1.807, 2.05) is 30.3 Å². The Morgan fingerprint density at radius 1 is 1.26 bits per heavy atom. The fraction of sp³-hybridized carbons (Fsp3) is 0.500. The minimum Gasteiger partial charge on any atom is -0.492 e. The Balaban J connectivity index is 1.56. The highest BCUT2D eigenvalue weighted by Gasteiger charge is 2.17. The third-order valence-corrected chi connectivity index (χ3v) is 3.45. The van der Waals surface area contributed by atoms with Gasteiger partial charge in [-0.25, -0.2) is 0 Å². The fourth-order valence-electron chi connectivity index (χ4n) is 2.37. The third kappa shape index (κ3) is 4.94. The van der Waals surface area contributed by atoms with Gasteiger partial charge in [0.15, 0.2) is 0 Å². The van der Waals surface area contributed by atoms with Crippen LogP contribution >= 0.6 is 0 Å². The molecule has 0 unspecified atom stereocenters. The molecule has 1 saturated heterocycles. The maximum atomic E-state index is 5.66. The van der Waals surface area contributed by atoms with Gasteiger partial charge in [-0.15, -0.1) is 6.42 Å². The summed E-state index contributed by atoms with van der Waals surface area (Å²) in [4.78, 5) is 2.33. The van der Waals surface area contributed by atoms with Gasteiger partial charge in [0.25, 0.3) is 0 Å². The molecule has 1 aromatic rings. The molecule has 0 atom stereocenters. The number of para-hydroxylation sites is 1. The van der Waals surface area contributed by atoms with E-state index in [0.29, 0.717) is 12.6 Å². The smallest absolute Gasteiger partial charge is 0.119 e. The predicted octanol–water partition coefficient (Wildman–Crippen LogP) is 1.75. The summed E-state index contributed by atoms with van der Waals surface area (Å²) < 4.78 is 5.66. The Bertz CT molecular complexity index is 391. The lowest BCUT2D eigenvalue weighted by molar-refractivity contribution is 0.210. The molecular formula is C16H22N2O. The van der Waals surface area contributed by atoms with E-state index in [2.05, 4.69) is 16.1 Å². The normalized spacial score (nSPS) is 17.0. The van der Waals surface area contributed by atoms with Crippen LogP contribution in [0.5, 0.6) is 5.75 Å². The molecule has 1 aliphatic rings. The van der Waals surface area contributed by atoms with Crippen molar-refractivity contribution in [3.8, 4) is 18.1 Å². The fourth-order valence-corrected chi connectivity index (χ4v) is 2.37. The van der Waals surface area contributed by atoms with Crippen molar-refractivity contribution in [3.05, 3.63) is 30.3 Å². The van der Waals surface area contributed by atoms with Crippen molar-refractivity contribution in [1.29, 1.82) is 0 Å². The molecule has 3 nitrogen and oxygen atoms in total. The van der Waals surface area contributed by atoms with Gasteiger partial charge in [0.2, 0.25) is 0 Å². The number of hydrogen-bond donors (Lipinski definition) is 1. The van der Waals surface area contributed by atoms with Crippen molar-refractivity contribution in [1.82, 2.24) is 10.2 Å². The number of rotatable bonds is 6. The van der Waals surface area contributed by atoms with Crippen molar-refractivity contribution in [3.63, 3.8) is 0 Å². The third-order valence-electron chi connectivity index (χ3n) is 3.45. The number of nitrogens with one attached hydrogen (secondary N) is 1. The van der Waals surface area contributed by atoms with Gasteiger partial charge in [-0.05, 0) is 25.0 Å². The van der Waals surface area contributed by atoms with Crippen LogP contribution in [-0.2, 0) is 0 Å². The number of terminal acetylenes is 1. The molecule has 1 N–H and O–H groups in total. The van der Waals surface area contributed by atoms with Crippen molar-refractivity contribution < 1.29 is 4.74 Å². The van der Waals surface area contributed by atoms with E-state index in [1.54, 1.807) is 0 Å². The predicted molar refractivity (Wildman–Crippen MR) is 78.2 cm³/mol. The maximum absolute atomic E-state index is 5.66. The van der Waals surface area contributed by atoms with Gasteiger partial charge < -0.3 is 10.1 Å². The number of nitrogens with zero attached hydrogens (tertiary/aromatic N) is 1. The molecule has 0 spiro atoms. The summed E-state index contributed by atoms with van der Waals surface area (Å²) in [6.07, 6.45) is 7.67. The molecule has 0 saturated carbocycles. The van der Waals surface area contributed by atoms with Gasteiger partial charge in [0.05, 0.1) is 6.54 Å². The Labute approximate surface area is 115 Å². The lowest BCUT2D eigenvalue weighted by atomic mass is 10.1. The number of piperidine rings is 1. The van der Waals surface area contributed by atoms with E-state index in [0.717, 1.165) is 31.9 Å². The SMILES string of the molecule is C#CCN1CCC(NCCOc2ccccc2)CC1.